The molecule has 5 rings (SSSR count). The summed E-state index contributed by atoms with van der Waals surface area (Å²) in [7, 11) is 0. The van der Waals surface area contributed by atoms with E-state index in [9.17, 15) is 15.0 Å². The molecule has 0 amide bonds. The number of phenols is 2. The Labute approximate surface area is 322 Å². The molecule has 4 heteroatoms. The minimum Gasteiger partial charge on any atom is -0.507 e. The van der Waals surface area contributed by atoms with Crippen molar-refractivity contribution in [2.75, 3.05) is 0 Å². The maximum Gasteiger partial charge on any atom is 0.343 e. The molecule has 0 unspecified atom stereocenters. The number of ether oxygens (including phenoxy) is 1. The van der Waals surface area contributed by atoms with Gasteiger partial charge < -0.3 is 14.9 Å². The number of allylic oxidation sites excluding steroid dienone is 8. The van der Waals surface area contributed by atoms with Crippen molar-refractivity contribution in [3.63, 3.8) is 0 Å². The summed E-state index contributed by atoms with van der Waals surface area (Å²) in [5.41, 5.74) is 12.7. The molecular formula is C50H58O4. The first-order valence-electron chi connectivity index (χ1n) is 19.4. The largest absolute Gasteiger partial charge is 0.507 e. The van der Waals surface area contributed by atoms with Gasteiger partial charge in [0.25, 0.3) is 0 Å². The maximum absolute atomic E-state index is 13.5. The molecule has 4 nitrogen and oxygen atoms in total. The highest BCUT2D eigenvalue weighted by molar-refractivity contribution is 6.11. The fourth-order valence-corrected chi connectivity index (χ4v) is 7.78. The van der Waals surface area contributed by atoms with Crippen molar-refractivity contribution in [3.8, 4) is 17.2 Å². The van der Waals surface area contributed by atoms with E-state index < -0.39 is 5.97 Å². The Balaban J connectivity index is 1.27. The van der Waals surface area contributed by atoms with Gasteiger partial charge in [-0.25, -0.2) is 4.79 Å². The smallest absolute Gasteiger partial charge is 0.343 e. The standard InChI is InChI=1S/C50H58O4/c1-30(2)15-11-16-31(3)17-12-18-32(4)19-13-20-33(5)23-25-41-34(6)35(7)44-29-40(24-26-42(44)36(41)8)54-50(53)39-27-45-37(9)43-21-14-22-46(51)48(43)38(10)49(45)47(52)28-39/h14-15,17,19,21-24,26-29,51-52H,11-13,16,18,20,25H2,1-10H3/b31-17+,32-19+,33-23+. The predicted molar refractivity (Wildman–Crippen MR) is 229 cm³/mol. The summed E-state index contributed by atoms with van der Waals surface area (Å²) in [6, 6.07) is 14.5. The molecule has 0 aliphatic rings. The van der Waals surface area contributed by atoms with Crippen molar-refractivity contribution in [1.29, 1.82) is 0 Å². The lowest BCUT2D eigenvalue weighted by molar-refractivity contribution is 0.0734. The summed E-state index contributed by atoms with van der Waals surface area (Å²) < 4.78 is 5.93. The molecule has 0 bridgehead atoms. The number of esters is 1. The third kappa shape index (κ3) is 8.98. The van der Waals surface area contributed by atoms with E-state index in [0.29, 0.717) is 16.5 Å². The van der Waals surface area contributed by atoms with Gasteiger partial charge in [-0.2, -0.15) is 0 Å². The quantitative estimate of drug-likeness (QED) is 0.0549. The number of benzene rings is 5. The number of hydrogen-bond donors (Lipinski definition) is 2. The maximum atomic E-state index is 13.5. The van der Waals surface area contributed by atoms with Crippen LogP contribution in [0.2, 0.25) is 0 Å². The Kier molecular flexibility index (Phi) is 12.9. The van der Waals surface area contributed by atoms with Gasteiger partial charge in [-0.05, 0) is 199 Å². The summed E-state index contributed by atoms with van der Waals surface area (Å²) in [6.45, 7) is 21.4. The van der Waals surface area contributed by atoms with Gasteiger partial charge in [0.15, 0.2) is 0 Å². The zero-order valence-electron chi connectivity index (χ0n) is 34.1. The van der Waals surface area contributed by atoms with Crippen molar-refractivity contribution < 1.29 is 19.7 Å². The molecule has 54 heavy (non-hydrogen) atoms. The number of fused-ring (bicyclic) bond motifs is 3. The monoisotopic (exact) mass is 722 g/mol. The molecule has 0 aromatic heterocycles. The van der Waals surface area contributed by atoms with Gasteiger partial charge in [0, 0.05) is 10.8 Å². The molecule has 0 aliphatic heterocycles. The van der Waals surface area contributed by atoms with Gasteiger partial charge in [-0.15, -0.1) is 0 Å². The first-order chi connectivity index (χ1) is 25.7. The second-order valence-corrected chi connectivity index (χ2v) is 15.6. The Hall–Kier alpha value is -5.09. The predicted octanol–water partition coefficient (Wildman–Crippen LogP) is 14.0. The Bertz CT molecular complexity index is 2360. The number of phenolic OH excluding ortho intramolecular Hbond substituents is 2. The summed E-state index contributed by atoms with van der Waals surface area (Å²) in [6.07, 6.45) is 17.0. The highest BCUT2D eigenvalue weighted by Crippen LogP contribution is 2.41. The van der Waals surface area contributed by atoms with E-state index in [2.05, 4.69) is 85.8 Å². The van der Waals surface area contributed by atoms with Crippen LogP contribution in [0, 0.1) is 34.6 Å². The summed E-state index contributed by atoms with van der Waals surface area (Å²) >= 11 is 0. The molecule has 0 radical (unpaired) electrons. The zero-order valence-corrected chi connectivity index (χ0v) is 34.1. The normalized spacial score (nSPS) is 12.6. The Morgan fingerprint density at radius 1 is 0.574 bits per heavy atom. The number of rotatable bonds is 13. The zero-order chi connectivity index (χ0) is 39.3. The highest BCUT2D eigenvalue weighted by atomic mass is 16.5. The lowest BCUT2D eigenvalue weighted by Gasteiger charge is -2.17. The van der Waals surface area contributed by atoms with Crippen LogP contribution >= 0.6 is 0 Å². The van der Waals surface area contributed by atoms with Crippen LogP contribution in [0.1, 0.15) is 117 Å². The molecule has 5 aromatic carbocycles. The van der Waals surface area contributed by atoms with Gasteiger partial charge in [-0.1, -0.05) is 64.8 Å². The molecule has 0 saturated heterocycles. The molecule has 0 saturated carbocycles. The van der Waals surface area contributed by atoms with Crippen LogP contribution in [0.25, 0.3) is 32.3 Å². The Morgan fingerprint density at radius 2 is 1.19 bits per heavy atom. The van der Waals surface area contributed by atoms with E-state index in [1.54, 1.807) is 18.2 Å². The van der Waals surface area contributed by atoms with E-state index in [0.717, 1.165) is 77.6 Å². The molecule has 0 spiro atoms. The van der Waals surface area contributed by atoms with Crippen LogP contribution in [0.5, 0.6) is 17.2 Å². The van der Waals surface area contributed by atoms with Crippen LogP contribution in [-0.4, -0.2) is 16.2 Å². The van der Waals surface area contributed by atoms with Gasteiger partial charge >= 0.3 is 5.97 Å². The number of carbonyl (C=O) groups excluding carboxylic acids is 1. The summed E-state index contributed by atoms with van der Waals surface area (Å²) in [4.78, 5) is 13.5. The fourth-order valence-electron chi connectivity index (χ4n) is 7.78. The molecule has 0 fully saturated rings. The number of aromatic hydroxyl groups is 2. The van der Waals surface area contributed by atoms with Crippen molar-refractivity contribution in [1.82, 2.24) is 0 Å². The second-order valence-electron chi connectivity index (χ2n) is 15.6. The second kappa shape index (κ2) is 17.4. The van der Waals surface area contributed by atoms with Crippen LogP contribution in [0.15, 0.2) is 95.1 Å². The van der Waals surface area contributed by atoms with E-state index in [1.165, 1.54) is 50.6 Å². The molecular weight excluding hydrogens is 665 g/mol. The number of hydrogen-bond acceptors (Lipinski definition) is 4. The SMILES string of the molecule is CC(C)=CCC/C(C)=C/CC/C(C)=C/CC/C(C)=C/Cc1c(C)c(C)c2cc(OC(=O)c3cc(O)c4c(C)c5c(O)cccc5c(C)c4c3)ccc2c1C. The molecule has 0 heterocycles. The number of carbonyl (C=O) groups is 1. The highest BCUT2D eigenvalue weighted by Gasteiger charge is 2.19. The third-order valence-corrected chi connectivity index (χ3v) is 11.2. The van der Waals surface area contributed by atoms with Gasteiger partial charge in [0.2, 0.25) is 0 Å². The van der Waals surface area contributed by atoms with E-state index in [-0.39, 0.29) is 17.1 Å². The molecule has 0 aliphatic carbocycles. The molecule has 5 aromatic rings. The minimum atomic E-state index is -0.536. The minimum absolute atomic E-state index is 0.0193. The Morgan fingerprint density at radius 3 is 1.83 bits per heavy atom. The fraction of sp³-hybridized carbons (Fsp3) is 0.340. The van der Waals surface area contributed by atoms with Crippen molar-refractivity contribution in [3.05, 3.63) is 134 Å². The van der Waals surface area contributed by atoms with Crippen molar-refractivity contribution in [2.24, 2.45) is 0 Å². The van der Waals surface area contributed by atoms with Crippen molar-refractivity contribution in [2.45, 2.75) is 114 Å². The van der Waals surface area contributed by atoms with Crippen LogP contribution in [-0.2, 0) is 6.42 Å². The average molecular weight is 723 g/mol. The van der Waals surface area contributed by atoms with E-state index in [1.807, 2.05) is 32.0 Å². The lowest BCUT2D eigenvalue weighted by atomic mass is 9.89. The lowest BCUT2D eigenvalue weighted by Crippen LogP contribution is -2.09. The topological polar surface area (TPSA) is 66.8 Å². The van der Waals surface area contributed by atoms with Gasteiger partial charge in [0.05, 0.1) is 5.56 Å². The first kappa shape index (κ1) is 40.1. The van der Waals surface area contributed by atoms with Crippen LogP contribution in [0.3, 0.4) is 0 Å². The summed E-state index contributed by atoms with van der Waals surface area (Å²) in [5, 5.41) is 26.8. The van der Waals surface area contributed by atoms with Crippen LogP contribution in [0.4, 0.5) is 0 Å². The van der Waals surface area contributed by atoms with Crippen molar-refractivity contribution >= 4 is 38.3 Å². The average Bonchev–Trinajstić information content (AvgIpc) is 3.12. The summed E-state index contributed by atoms with van der Waals surface area (Å²) in [5.74, 6) is 0.0703. The van der Waals surface area contributed by atoms with Gasteiger partial charge in [0.1, 0.15) is 17.2 Å². The molecule has 2 N–H and O–H groups in total. The van der Waals surface area contributed by atoms with E-state index in [4.69, 9.17) is 4.74 Å². The third-order valence-electron chi connectivity index (χ3n) is 11.2. The molecule has 0 atom stereocenters. The first-order valence-corrected chi connectivity index (χ1v) is 19.4. The molecule has 282 valence electrons. The van der Waals surface area contributed by atoms with E-state index >= 15 is 0 Å². The van der Waals surface area contributed by atoms with Crippen LogP contribution < -0.4 is 4.74 Å². The number of aryl methyl sites for hydroxylation is 4. The van der Waals surface area contributed by atoms with Gasteiger partial charge in [-0.3, -0.25) is 0 Å².